The molecule has 2 amide bonds. The molecule has 3 atom stereocenters. The van der Waals surface area contributed by atoms with Gasteiger partial charge in [0.1, 0.15) is 6.04 Å². The van der Waals surface area contributed by atoms with Crippen molar-refractivity contribution in [3.05, 3.63) is 35.9 Å². The third-order valence-electron chi connectivity index (χ3n) is 4.81. The third-order valence-corrected chi connectivity index (χ3v) is 5.86. The molecule has 10 heteroatoms. The number of imide groups is 1. The van der Waals surface area contributed by atoms with E-state index in [-0.39, 0.29) is 31.6 Å². The molecule has 0 saturated heterocycles. The Kier molecular flexibility index (Phi) is 11.8. The van der Waals surface area contributed by atoms with Crippen LogP contribution in [0.5, 0.6) is 0 Å². The number of aliphatic carboxylic acids is 1. The van der Waals surface area contributed by atoms with Crippen molar-refractivity contribution in [1.82, 2.24) is 4.90 Å². The van der Waals surface area contributed by atoms with Crippen LogP contribution in [0.3, 0.4) is 0 Å². The fourth-order valence-electron chi connectivity index (χ4n) is 3.27. The van der Waals surface area contributed by atoms with E-state index in [4.69, 9.17) is 5.73 Å². The molecular weight excluding hydrogens is 448 g/mol. The summed E-state index contributed by atoms with van der Waals surface area (Å²) in [6, 6.07) is 5.95. The van der Waals surface area contributed by atoms with E-state index >= 15 is 0 Å². The van der Waals surface area contributed by atoms with Crippen molar-refractivity contribution in [3.8, 4) is 0 Å². The van der Waals surface area contributed by atoms with Gasteiger partial charge in [-0.3, -0.25) is 24.1 Å². The molecule has 0 aliphatic heterocycles. The smallest absolute Gasteiger partial charge is 0.327 e. The van der Waals surface area contributed by atoms with Gasteiger partial charge < -0.3 is 15.6 Å². The van der Waals surface area contributed by atoms with Crippen molar-refractivity contribution in [2.45, 2.75) is 63.8 Å². The van der Waals surface area contributed by atoms with Crippen LogP contribution in [0.25, 0.3) is 0 Å². The SMILES string of the molecule is COC(=O)CCC(SC(C)=O)C(=O)N(C(=O)[C@@H](N)CC(C)C)[C@@H](Cc1ccccc1)C(=O)O. The van der Waals surface area contributed by atoms with E-state index in [0.717, 1.165) is 0 Å². The minimum Gasteiger partial charge on any atom is -0.480 e. The highest BCUT2D eigenvalue weighted by molar-refractivity contribution is 8.14. The first-order chi connectivity index (χ1) is 15.5. The predicted molar refractivity (Wildman–Crippen MR) is 124 cm³/mol. The second-order valence-corrected chi connectivity index (χ2v) is 9.42. The van der Waals surface area contributed by atoms with Gasteiger partial charge in [0.2, 0.25) is 11.8 Å². The molecule has 33 heavy (non-hydrogen) atoms. The number of carbonyl (C=O) groups excluding carboxylic acids is 4. The molecule has 0 spiro atoms. The second-order valence-electron chi connectivity index (χ2n) is 8.04. The van der Waals surface area contributed by atoms with Crippen LogP contribution in [0.4, 0.5) is 0 Å². The Morgan fingerprint density at radius 1 is 1.09 bits per heavy atom. The summed E-state index contributed by atoms with van der Waals surface area (Å²) in [6.07, 6.45) is -0.163. The molecule has 3 N–H and O–H groups in total. The number of thioether (sulfide) groups is 1. The number of nitrogens with zero attached hydrogens (tertiary/aromatic N) is 1. The van der Waals surface area contributed by atoms with Crippen LogP contribution in [0.2, 0.25) is 0 Å². The van der Waals surface area contributed by atoms with Gasteiger partial charge >= 0.3 is 11.9 Å². The molecule has 0 bridgehead atoms. The molecule has 0 aliphatic rings. The molecule has 0 aromatic heterocycles. The van der Waals surface area contributed by atoms with Gasteiger partial charge in [0.05, 0.1) is 18.4 Å². The maximum Gasteiger partial charge on any atom is 0.327 e. The van der Waals surface area contributed by atoms with E-state index < -0.39 is 46.2 Å². The summed E-state index contributed by atoms with van der Waals surface area (Å²) in [7, 11) is 1.19. The Morgan fingerprint density at radius 3 is 2.18 bits per heavy atom. The number of amides is 2. The Morgan fingerprint density at radius 2 is 1.70 bits per heavy atom. The van der Waals surface area contributed by atoms with E-state index in [0.29, 0.717) is 22.2 Å². The van der Waals surface area contributed by atoms with Gasteiger partial charge in [-0.1, -0.05) is 55.9 Å². The van der Waals surface area contributed by atoms with Crippen LogP contribution in [0.15, 0.2) is 30.3 Å². The molecule has 0 radical (unpaired) electrons. The highest BCUT2D eigenvalue weighted by Gasteiger charge is 2.40. The first-order valence-electron chi connectivity index (χ1n) is 10.6. The summed E-state index contributed by atoms with van der Waals surface area (Å²) >= 11 is 0.643. The lowest BCUT2D eigenvalue weighted by Crippen LogP contribution is -2.57. The van der Waals surface area contributed by atoms with Crippen molar-refractivity contribution in [3.63, 3.8) is 0 Å². The molecule has 1 unspecified atom stereocenters. The van der Waals surface area contributed by atoms with E-state index in [1.165, 1.54) is 14.0 Å². The summed E-state index contributed by atoms with van der Waals surface area (Å²) in [6.45, 7) is 4.95. The molecule has 0 aliphatic carbocycles. The maximum absolute atomic E-state index is 13.5. The first kappa shape index (κ1) is 28.3. The van der Waals surface area contributed by atoms with Crippen molar-refractivity contribution in [2.75, 3.05) is 7.11 Å². The molecule has 1 aromatic rings. The highest BCUT2D eigenvalue weighted by atomic mass is 32.2. The van der Waals surface area contributed by atoms with Gasteiger partial charge in [-0.2, -0.15) is 0 Å². The number of hydrogen-bond donors (Lipinski definition) is 2. The number of methoxy groups -OCH3 is 1. The fourth-order valence-corrected chi connectivity index (χ4v) is 4.12. The summed E-state index contributed by atoms with van der Waals surface area (Å²) in [5, 5.41) is 8.40. The quantitative estimate of drug-likeness (QED) is 0.429. The van der Waals surface area contributed by atoms with Crippen LogP contribution in [-0.4, -0.2) is 63.3 Å². The number of carbonyl (C=O) groups is 5. The van der Waals surface area contributed by atoms with Gasteiger partial charge in [0, 0.05) is 19.8 Å². The van der Waals surface area contributed by atoms with Crippen molar-refractivity contribution < 1.29 is 33.8 Å². The van der Waals surface area contributed by atoms with Crippen LogP contribution in [-0.2, 0) is 35.1 Å². The number of ether oxygens (including phenoxy) is 1. The van der Waals surface area contributed by atoms with Crippen LogP contribution >= 0.6 is 11.8 Å². The predicted octanol–water partition coefficient (Wildman–Crippen LogP) is 2.01. The second kappa shape index (κ2) is 13.7. The zero-order valence-electron chi connectivity index (χ0n) is 19.4. The minimum absolute atomic E-state index is 0.0278. The zero-order chi connectivity index (χ0) is 25.1. The van der Waals surface area contributed by atoms with Crippen molar-refractivity contribution >= 4 is 40.6 Å². The molecule has 1 rings (SSSR count). The van der Waals surface area contributed by atoms with E-state index in [9.17, 15) is 29.1 Å². The van der Waals surface area contributed by atoms with E-state index in [2.05, 4.69) is 4.74 Å². The number of esters is 1. The zero-order valence-corrected chi connectivity index (χ0v) is 20.2. The summed E-state index contributed by atoms with van der Waals surface area (Å²) in [5.74, 6) is -3.64. The number of rotatable bonds is 12. The molecule has 182 valence electrons. The highest BCUT2D eigenvalue weighted by Crippen LogP contribution is 2.24. The first-order valence-corrected chi connectivity index (χ1v) is 11.5. The minimum atomic E-state index is -1.53. The molecule has 0 fully saturated rings. The van der Waals surface area contributed by atoms with Gasteiger partial charge in [-0.15, -0.1) is 0 Å². The maximum atomic E-state index is 13.5. The van der Waals surface area contributed by atoms with Gasteiger partial charge in [-0.05, 0) is 24.3 Å². The Balaban J connectivity index is 3.40. The number of hydrogen-bond acceptors (Lipinski definition) is 8. The largest absolute Gasteiger partial charge is 0.480 e. The van der Waals surface area contributed by atoms with Crippen LogP contribution in [0, 0.1) is 5.92 Å². The molecule has 1 aromatic carbocycles. The molecular formula is C23H32N2O7S. The molecule has 0 heterocycles. The summed E-state index contributed by atoms with van der Waals surface area (Å²) in [4.78, 5) is 63.1. The van der Waals surface area contributed by atoms with Crippen LogP contribution in [0.1, 0.15) is 45.6 Å². The lowest BCUT2D eigenvalue weighted by molar-refractivity contribution is -0.158. The van der Waals surface area contributed by atoms with Crippen LogP contribution < -0.4 is 5.73 Å². The monoisotopic (exact) mass is 480 g/mol. The number of nitrogens with two attached hydrogens (primary N) is 1. The normalized spacial score (nSPS) is 13.6. The lowest BCUT2D eigenvalue weighted by atomic mass is 9.99. The van der Waals surface area contributed by atoms with Gasteiger partial charge in [0.25, 0.3) is 0 Å². The number of carboxylic acids is 1. The van der Waals surface area contributed by atoms with E-state index in [1.54, 1.807) is 30.3 Å². The summed E-state index contributed by atoms with van der Waals surface area (Å²) in [5.41, 5.74) is 6.66. The molecule has 0 saturated carbocycles. The van der Waals surface area contributed by atoms with Gasteiger partial charge in [-0.25, -0.2) is 4.79 Å². The Hall–Kier alpha value is -2.72. The number of benzene rings is 1. The van der Waals surface area contributed by atoms with E-state index in [1.807, 2.05) is 13.8 Å². The standard InChI is InChI=1S/C23H32N2O7S/c1-14(2)12-17(24)21(28)25(18(23(30)31)13-16-8-6-5-7-9-16)22(29)19(33-15(3)26)10-11-20(27)32-4/h5-9,14,17-19H,10-13,24H2,1-4H3,(H,30,31)/t17-,18-,19?/m0/s1. The Labute approximate surface area is 198 Å². The average Bonchev–Trinajstić information content (AvgIpc) is 2.75. The molecule has 9 nitrogen and oxygen atoms in total. The van der Waals surface area contributed by atoms with Crippen molar-refractivity contribution in [1.29, 1.82) is 0 Å². The van der Waals surface area contributed by atoms with Crippen molar-refractivity contribution in [2.24, 2.45) is 11.7 Å². The Bertz CT molecular complexity index is 844. The summed E-state index contributed by atoms with van der Waals surface area (Å²) < 4.78 is 4.60. The number of carboxylic acid groups (broad SMARTS) is 1. The average molecular weight is 481 g/mol. The lowest BCUT2D eigenvalue weighted by Gasteiger charge is -2.32. The third kappa shape index (κ3) is 9.35. The van der Waals surface area contributed by atoms with Gasteiger partial charge in [0.15, 0.2) is 5.12 Å². The fraction of sp³-hybridized carbons (Fsp3) is 0.522. The topological polar surface area (TPSA) is 144 Å².